The normalized spacial score (nSPS) is 25.2. The summed E-state index contributed by atoms with van der Waals surface area (Å²) in [6.07, 6.45) is -5.53. The summed E-state index contributed by atoms with van der Waals surface area (Å²) in [5.41, 5.74) is 0. The molecule has 0 saturated carbocycles. The predicted molar refractivity (Wildman–Crippen MR) is 33.3 cm³/mol. The van der Waals surface area contributed by atoms with Gasteiger partial charge in [-0.15, -0.1) is 0 Å². The van der Waals surface area contributed by atoms with Crippen molar-refractivity contribution < 1.29 is 23.1 Å². The Morgan fingerprint density at radius 2 is 2.17 bits per heavy atom. The van der Waals surface area contributed by atoms with Crippen molar-refractivity contribution in [3.63, 3.8) is 0 Å². The molecule has 1 fully saturated rings. The number of hydrogen-bond donors (Lipinski definition) is 1. The molecule has 0 aromatic carbocycles. The summed E-state index contributed by atoms with van der Waals surface area (Å²) in [6.45, 7) is -1.28. The van der Waals surface area contributed by atoms with Crippen LogP contribution in [0.1, 0.15) is 6.42 Å². The smallest absolute Gasteiger partial charge is 0.383 e. The Hall–Kier alpha value is -0.780. The molecular formula is C6H8F3NO2. The third-order valence-electron chi connectivity index (χ3n) is 1.64. The third-order valence-corrected chi connectivity index (χ3v) is 1.64. The van der Waals surface area contributed by atoms with Gasteiger partial charge in [0, 0.05) is 6.54 Å². The van der Waals surface area contributed by atoms with Gasteiger partial charge in [0.2, 0.25) is 0 Å². The van der Waals surface area contributed by atoms with Crippen molar-refractivity contribution in [2.24, 2.45) is 0 Å². The van der Waals surface area contributed by atoms with E-state index in [0.29, 0.717) is 4.90 Å². The highest BCUT2D eigenvalue weighted by Crippen LogP contribution is 2.20. The Kier molecular flexibility index (Phi) is 2.27. The largest absolute Gasteiger partial charge is 0.406 e. The fourth-order valence-electron chi connectivity index (χ4n) is 1.10. The average molecular weight is 183 g/mol. The first-order valence-corrected chi connectivity index (χ1v) is 3.44. The van der Waals surface area contributed by atoms with Crippen LogP contribution in [0.25, 0.3) is 0 Å². The zero-order valence-electron chi connectivity index (χ0n) is 6.14. The highest BCUT2D eigenvalue weighted by molar-refractivity contribution is 5.82. The molecule has 12 heavy (non-hydrogen) atoms. The number of halogens is 3. The second-order valence-corrected chi connectivity index (χ2v) is 2.68. The number of likely N-dealkylation sites (tertiary alicyclic amines) is 1. The first-order chi connectivity index (χ1) is 5.40. The summed E-state index contributed by atoms with van der Waals surface area (Å²) in [4.78, 5) is 11.4. The van der Waals surface area contributed by atoms with Gasteiger partial charge >= 0.3 is 6.18 Å². The molecule has 0 bridgehead atoms. The van der Waals surface area contributed by atoms with E-state index in [1.54, 1.807) is 0 Å². The van der Waals surface area contributed by atoms with Gasteiger partial charge < -0.3 is 10.0 Å². The minimum atomic E-state index is -4.38. The summed E-state index contributed by atoms with van der Waals surface area (Å²) < 4.78 is 35.2. The minimum absolute atomic E-state index is 0.0144. The highest BCUT2D eigenvalue weighted by Gasteiger charge is 2.38. The van der Waals surface area contributed by atoms with E-state index < -0.39 is 24.7 Å². The van der Waals surface area contributed by atoms with Crippen LogP contribution in [0, 0.1) is 0 Å². The fraction of sp³-hybridized carbons (Fsp3) is 0.833. The topological polar surface area (TPSA) is 40.5 Å². The fourth-order valence-corrected chi connectivity index (χ4v) is 1.10. The number of amides is 1. The second-order valence-electron chi connectivity index (χ2n) is 2.68. The van der Waals surface area contributed by atoms with E-state index in [-0.39, 0.29) is 13.0 Å². The molecule has 0 aromatic heterocycles. The zero-order chi connectivity index (χ0) is 9.35. The number of carbonyl (C=O) groups is 1. The molecular weight excluding hydrogens is 175 g/mol. The van der Waals surface area contributed by atoms with Gasteiger partial charge in [-0.25, -0.2) is 0 Å². The van der Waals surface area contributed by atoms with Gasteiger partial charge in [-0.1, -0.05) is 0 Å². The first kappa shape index (κ1) is 9.31. The molecule has 0 radical (unpaired) electrons. The van der Waals surface area contributed by atoms with Crippen LogP contribution in [0.5, 0.6) is 0 Å². The Labute approximate surface area is 66.8 Å². The number of aliphatic hydroxyl groups is 1. The molecule has 1 heterocycles. The number of carbonyl (C=O) groups excluding carboxylic acids is 1. The van der Waals surface area contributed by atoms with Crippen LogP contribution < -0.4 is 0 Å². The van der Waals surface area contributed by atoms with Crippen molar-refractivity contribution in [1.82, 2.24) is 4.90 Å². The SMILES string of the molecule is O=C1[C@@H](O)CCN1CC(F)(F)F. The number of hydrogen-bond acceptors (Lipinski definition) is 2. The highest BCUT2D eigenvalue weighted by atomic mass is 19.4. The van der Waals surface area contributed by atoms with Gasteiger partial charge in [0.25, 0.3) is 5.91 Å². The summed E-state index contributed by atoms with van der Waals surface area (Å²) in [5, 5.41) is 8.81. The standard InChI is InChI=1S/C6H8F3NO2/c7-6(8,9)3-10-2-1-4(11)5(10)12/h4,11H,1-3H2/t4-/m0/s1. The van der Waals surface area contributed by atoms with Crippen molar-refractivity contribution in [2.45, 2.75) is 18.7 Å². The van der Waals surface area contributed by atoms with E-state index in [1.165, 1.54) is 0 Å². The maximum absolute atomic E-state index is 11.7. The monoisotopic (exact) mass is 183 g/mol. The number of aliphatic hydroxyl groups excluding tert-OH is 1. The molecule has 1 aliphatic heterocycles. The summed E-state index contributed by atoms with van der Waals surface area (Å²) in [5.74, 6) is -0.827. The molecule has 0 aromatic rings. The number of nitrogens with zero attached hydrogens (tertiary/aromatic N) is 1. The maximum atomic E-state index is 11.7. The molecule has 0 aliphatic carbocycles. The predicted octanol–water partition coefficient (Wildman–Crippen LogP) is 0.142. The molecule has 0 spiro atoms. The lowest BCUT2D eigenvalue weighted by Gasteiger charge is -2.17. The lowest BCUT2D eigenvalue weighted by Crippen LogP contribution is -2.37. The zero-order valence-corrected chi connectivity index (χ0v) is 6.14. The molecule has 70 valence electrons. The van der Waals surface area contributed by atoms with Crippen molar-refractivity contribution in [1.29, 1.82) is 0 Å². The van der Waals surface area contributed by atoms with Crippen LogP contribution in [0.3, 0.4) is 0 Å². The Balaban J connectivity index is 2.50. The van der Waals surface area contributed by atoms with Crippen LogP contribution in [-0.2, 0) is 4.79 Å². The van der Waals surface area contributed by atoms with Gasteiger partial charge in [-0.2, -0.15) is 13.2 Å². The summed E-state index contributed by atoms with van der Waals surface area (Å²) in [6, 6.07) is 0. The van der Waals surface area contributed by atoms with E-state index >= 15 is 0 Å². The van der Waals surface area contributed by atoms with Gasteiger partial charge in [-0.05, 0) is 6.42 Å². The molecule has 1 saturated heterocycles. The van der Waals surface area contributed by atoms with E-state index in [1.807, 2.05) is 0 Å². The van der Waals surface area contributed by atoms with Gasteiger partial charge in [0.1, 0.15) is 12.6 Å². The molecule has 3 nitrogen and oxygen atoms in total. The van der Waals surface area contributed by atoms with Crippen LogP contribution in [0.2, 0.25) is 0 Å². The van der Waals surface area contributed by atoms with Crippen LogP contribution >= 0.6 is 0 Å². The van der Waals surface area contributed by atoms with E-state index in [4.69, 9.17) is 5.11 Å². The molecule has 1 atom stereocenters. The van der Waals surface area contributed by atoms with Crippen molar-refractivity contribution >= 4 is 5.91 Å². The molecule has 1 amide bonds. The Bertz CT molecular complexity index is 192. The lowest BCUT2D eigenvalue weighted by molar-refractivity contribution is -0.160. The number of rotatable bonds is 1. The van der Waals surface area contributed by atoms with E-state index in [2.05, 4.69) is 0 Å². The molecule has 6 heteroatoms. The van der Waals surface area contributed by atoms with Gasteiger partial charge in [0.05, 0.1) is 0 Å². The minimum Gasteiger partial charge on any atom is -0.383 e. The first-order valence-electron chi connectivity index (χ1n) is 3.44. The lowest BCUT2D eigenvalue weighted by atomic mass is 10.3. The van der Waals surface area contributed by atoms with Crippen molar-refractivity contribution in [3.8, 4) is 0 Å². The van der Waals surface area contributed by atoms with E-state index in [0.717, 1.165) is 0 Å². The average Bonchev–Trinajstić information content (AvgIpc) is 2.16. The second kappa shape index (κ2) is 2.93. The number of alkyl halides is 3. The Morgan fingerprint density at radius 1 is 1.58 bits per heavy atom. The van der Waals surface area contributed by atoms with Gasteiger partial charge in [-0.3, -0.25) is 4.79 Å². The van der Waals surface area contributed by atoms with Crippen LogP contribution in [0.4, 0.5) is 13.2 Å². The van der Waals surface area contributed by atoms with E-state index in [9.17, 15) is 18.0 Å². The van der Waals surface area contributed by atoms with Crippen molar-refractivity contribution in [2.75, 3.05) is 13.1 Å². The molecule has 1 N–H and O–H groups in total. The third kappa shape index (κ3) is 2.10. The summed E-state index contributed by atoms with van der Waals surface area (Å²) >= 11 is 0. The Morgan fingerprint density at radius 3 is 2.50 bits per heavy atom. The van der Waals surface area contributed by atoms with Gasteiger partial charge in [0.15, 0.2) is 0 Å². The summed E-state index contributed by atoms with van der Waals surface area (Å²) in [7, 11) is 0. The van der Waals surface area contributed by atoms with Crippen LogP contribution in [-0.4, -0.2) is 41.3 Å². The molecule has 0 unspecified atom stereocenters. The van der Waals surface area contributed by atoms with Crippen molar-refractivity contribution in [3.05, 3.63) is 0 Å². The quantitative estimate of drug-likeness (QED) is 0.628. The molecule has 1 rings (SSSR count). The maximum Gasteiger partial charge on any atom is 0.406 e. The molecule has 1 aliphatic rings. The van der Waals surface area contributed by atoms with Crippen LogP contribution in [0.15, 0.2) is 0 Å².